The molecule has 32 heavy (non-hydrogen) atoms. The van der Waals surface area contributed by atoms with Gasteiger partial charge in [0, 0.05) is 11.1 Å². The van der Waals surface area contributed by atoms with E-state index in [0.29, 0.717) is 11.1 Å². The normalized spacial score (nSPS) is 13.4. The van der Waals surface area contributed by atoms with Crippen molar-refractivity contribution in [3.63, 3.8) is 0 Å². The summed E-state index contributed by atoms with van der Waals surface area (Å²) >= 11 is 0. The van der Waals surface area contributed by atoms with Crippen molar-refractivity contribution in [2.24, 2.45) is 0 Å². The van der Waals surface area contributed by atoms with Crippen LogP contribution < -0.4 is 0 Å². The largest absolute Gasteiger partial charge is 0.508 e. The fourth-order valence-electron chi connectivity index (χ4n) is 4.23. The lowest BCUT2D eigenvalue weighted by atomic mass is 9.70. The van der Waals surface area contributed by atoms with E-state index in [1.54, 1.807) is 24.3 Å². The predicted octanol–water partition coefficient (Wildman–Crippen LogP) is 7.52. The number of carbonyl (C=O) groups excluding carboxylic acids is 1. The molecule has 0 aromatic heterocycles. The average molecular weight is 439 g/mol. The van der Waals surface area contributed by atoms with Gasteiger partial charge in [-0.25, -0.2) is 0 Å². The van der Waals surface area contributed by atoms with Gasteiger partial charge in [0.1, 0.15) is 11.5 Å². The Labute approximate surface area is 194 Å². The van der Waals surface area contributed by atoms with Crippen molar-refractivity contribution < 1.29 is 15.0 Å². The summed E-state index contributed by atoms with van der Waals surface area (Å²) in [7, 11) is 0. The highest BCUT2D eigenvalue weighted by Crippen LogP contribution is 2.43. The Bertz CT molecular complexity index is 877. The number of aromatic hydroxyl groups is 2. The van der Waals surface area contributed by atoms with E-state index in [-0.39, 0.29) is 38.9 Å². The van der Waals surface area contributed by atoms with E-state index in [1.165, 1.54) is 0 Å². The molecule has 0 aliphatic rings. The third kappa shape index (κ3) is 5.19. The van der Waals surface area contributed by atoms with E-state index in [4.69, 9.17) is 0 Å². The summed E-state index contributed by atoms with van der Waals surface area (Å²) in [5.74, 6) is 0.304. The molecule has 2 N–H and O–H groups in total. The standard InChI is InChI=1S/C29H42O3/c1-26(2,3)19-13-17(30)14-20(27(4,5)6)23(19)25(32)24-21(28(7,8)9)15-18(31)16-22(24)29(10,11)12/h13-16,30-31H,1-12H3. The molecule has 2 aromatic carbocycles. The molecule has 2 rings (SSSR count). The molecule has 0 heterocycles. The Morgan fingerprint density at radius 1 is 0.500 bits per heavy atom. The van der Waals surface area contributed by atoms with Gasteiger partial charge in [0.2, 0.25) is 0 Å². The zero-order valence-corrected chi connectivity index (χ0v) is 22.1. The number of rotatable bonds is 2. The predicted molar refractivity (Wildman–Crippen MR) is 134 cm³/mol. The van der Waals surface area contributed by atoms with E-state index < -0.39 is 0 Å². The van der Waals surface area contributed by atoms with Gasteiger partial charge in [-0.3, -0.25) is 4.79 Å². The Morgan fingerprint density at radius 2 is 0.688 bits per heavy atom. The topological polar surface area (TPSA) is 57.5 Å². The molecular weight excluding hydrogens is 396 g/mol. The van der Waals surface area contributed by atoms with Gasteiger partial charge in [0.25, 0.3) is 0 Å². The number of phenolic OH excluding ortho intramolecular Hbond substituents is 2. The van der Waals surface area contributed by atoms with Crippen molar-refractivity contribution in [3.8, 4) is 11.5 Å². The van der Waals surface area contributed by atoms with Gasteiger partial charge in [-0.15, -0.1) is 0 Å². The maximum atomic E-state index is 14.6. The average Bonchev–Trinajstić information content (AvgIpc) is 2.56. The minimum absolute atomic E-state index is 0.0466. The fourth-order valence-corrected chi connectivity index (χ4v) is 4.23. The molecule has 176 valence electrons. The lowest BCUT2D eigenvalue weighted by molar-refractivity contribution is 0.103. The quantitative estimate of drug-likeness (QED) is 0.477. The SMILES string of the molecule is CC(C)(C)c1cc(O)cc(C(C)(C)C)c1C(=O)c1c(C(C)(C)C)cc(O)cc1C(C)(C)C. The zero-order valence-electron chi connectivity index (χ0n) is 22.1. The molecule has 0 aliphatic carbocycles. The maximum Gasteiger partial charge on any atom is 0.194 e. The first-order valence-corrected chi connectivity index (χ1v) is 11.5. The molecule has 0 unspecified atom stereocenters. The second-order valence-corrected chi connectivity index (χ2v) is 13.2. The summed E-state index contributed by atoms with van der Waals surface area (Å²) in [5.41, 5.74) is 3.28. The molecule has 3 heteroatoms. The van der Waals surface area contributed by atoms with Crippen LogP contribution in [-0.4, -0.2) is 16.0 Å². The smallest absolute Gasteiger partial charge is 0.194 e. The molecular formula is C29H42O3. The van der Waals surface area contributed by atoms with Gasteiger partial charge < -0.3 is 10.2 Å². The van der Waals surface area contributed by atoms with Crippen LogP contribution in [0.3, 0.4) is 0 Å². The molecule has 0 radical (unpaired) electrons. The number of carbonyl (C=O) groups is 1. The monoisotopic (exact) mass is 438 g/mol. The Morgan fingerprint density at radius 3 is 0.844 bits per heavy atom. The second-order valence-electron chi connectivity index (χ2n) is 13.2. The molecule has 2 aromatic rings. The highest BCUT2D eigenvalue weighted by Gasteiger charge is 2.36. The van der Waals surface area contributed by atoms with Gasteiger partial charge in [-0.2, -0.15) is 0 Å². The van der Waals surface area contributed by atoms with Gasteiger partial charge in [0.05, 0.1) is 0 Å². The van der Waals surface area contributed by atoms with E-state index >= 15 is 0 Å². The van der Waals surface area contributed by atoms with Gasteiger partial charge in [-0.1, -0.05) is 83.1 Å². The van der Waals surface area contributed by atoms with Crippen LogP contribution in [0.2, 0.25) is 0 Å². The van der Waals surface area contributed by atoms with Crippen LogP contribution in [0, 0.1) is 0 Å². The van der Waals surface area contributed by atoms with Crippen molar-refractivity contribution >= 4 is 5.78 Å². The summed E-state index contributed by atoms with van der Waals surface area (Å²) in [4.78, 5) is 14.6. The second kappa shape index (κ2) is 7.93. The molecule has 0 bridgehead atoms. The summed E-state index contributed by atoms with van der Waals surface area (Å²) in [6, 6.07) is 6.93. The molecule has 0 aliphatic heterocycles. The molecule has 3 nitrogen and oxygen atoms in total. The summed E-state index contributed by atoms with van der Waals surface area (Å²) < 4.78 is 0. The van der Waals surface area contributed by atoms with Crippen LogP contribution in [0.4, 0.5) is 0 Å². The van der Waals surface area contributed by atoms with Crippen LogP contribution in [0.5, 0.6) is 11.5 Å². The molecule has 0 saturated carbocycles. The lowest BCUT2D eigenvalue weighted by Gasteiger charge is -2.33. The van der Waals surface area contributed by atoms with Crippen LogP contribution in [0.25, 0.3) is 0 Å². The Hall–Kier alpha value is -2.29. The van der Waals surface area contributed by atoms with Crippen LogP contribution in [0.1, 0.15) is 121 Å². The first-order valence-electron chi connectivity index (χ1n) is 11.5. The minimum Gasteiger partial charge on any atom is -0.508 e. The van der Waals surface area contributed by atoms with Crippen molar-refractivity contribution in [2.45, 2.75) is 105 Å². The maximum absolute atomic E-state index is 14.6. The third-order valence-corrected chi connectivity index (χ3v) is 5.93. The van der Waals surface area contributed by atoms with Crippen LogP contribution in [-0.2, 0) is 21.7 Å². The zero-order chi connectivity index (χ0) is 25.0. The molecule has 0 amide bonds. The number of benzene rings is 2. The van der Waals surface area contributed by atoms with Crippen molar-refractivity contribution in [1.82, 2.24) is 0 Å². The Kier molecular flexibility index (Phi) is 6.44. The van der Waals surface area contributed by atoms with E-state index in [1.807, 2.05) is 0 Å². The fraction of sp³-hybridized carbons (Fsp3) is 0.552. The van der Waals surface area contributed by atoms with Crippen molar-refractivity contribution in [1.29, 1.82) is 0 Å². The number of hydrogen-bond donors (Lipinski definition) is 2. The first-order chi connectivity index (χ1) is 14.2. The molecule has 0 atom stereocenters. The number of ketones is 1. The minimum atomic E-state index is -0.343. The van der Waals surface area contributed by atoms with E-state index in [9.17, 15) is 15.0 Å². The summed E-state index contributed by atoms with van der Waals surface area (Å²) in [6.45, 7) is 24.8. The highest BCUT2D eigenvalue weighted by atomic mass is 16.3. The van der Waals surface area contributed by atoms with Gasteiger partial charge >= 0.3 is 0 Å². The molecule has 0 fully saturated rings. The number of hydrogen-bond acceptors (Lipinski definition) is 3. The van der Waals surface area contributed by atoms with Crippen LogP contribution >= 0.6 is 0 Å². The van der Waals surface area contributed by atoms with Crippen molar-refractivity contribution in [3.05, 3.63) is 57.6 Å². The van der Waals surface area contributed by atoms with E-state index in [2.05, 4.69) is 83.1 Å². The summed E-state index contributed by atoms with van der Waals surface area (Å²) in [5, 5.41) is 21.1. The lowest BCUT2D eigenvalue weighted by Crippen LogP contribution is -2.28. The highest BCUT2D eigenvalue weighted by molar-refractivity contribution is 6.13. The van der Waals surface area contributed by atoms with Gasteiger partial charge in [-0.05, 0) is 68.2 Å². The Balaban J connectivity index is 3.11. The molecule has 0 spiro atoms. The van der Waals surface area contributed by atoms with Gasteiger partial charge in [0.15, 0.2) is 5.78 Å². The first kappa shape index (κ1) is 26.0. The van der Waals surface area contributed by atoms with Crippen molar-refractivity contribution in [2.75, 3.05) is 0 Å². The third-order valence-electron chi connectivity index (χ3n) is 5.93. The number of phenols is 2. The summed E-state index contributed by atoms with van der Waals surface area (Å²) in [6.07, 6.45) is 0. The molecule has 0 saturated heterocycles. The van der Waals surface area contributed by atoms with Crippen LogP contribution in [0.15, 0.2) is 24.3 Å². The van der Waals surface area contributed by atoms with E-state index in [0.717, 1.165) is 22.3 Å².